The lowest BCUT2D eigenvalue weighted by Gasteiger charge is -2.26. The van der Waals surface area contributed by atoms with Crippen LogP contribution >= 0.6 is 0 Å². The highest BCUT2D eigenvalue weighted by Crippen LogP contribution is 2.28. The van der Waals surface area contributed by atoms with Crippen LogP contribution in [0.15, 0.2) is 65.5 Å². The van der Waals surface area contributed by atoms with E-state index in [0.717, 1.165) is 49.4 Å². The zero-order valence-corrected chi connectivity index (χ0v) is 18.8. The number of aromatic nitrogens is 5. The molecule has 6 rings (SSSR count). The number of aromatic amines is 2. The summed E-state index contributed by atoms with van der Waals surface area (Å²) < 4.78 is 10.9. The Morgan fingerprint density at radius 1 is 1.11 bits per heavy atom. The lowest BCUT2D eigenvalue weighted by atomic mass is 10.1. The number of amides is 1. The predicted molar refractivity (Wildman–Crippen MR) is 130 cm³/mol. The molecule has 3 N–H and O–H groups in total. The molecule has 1 saturated heterocycles. The van der Waals surface area contributed by atoms with Gasteiger partial charge in [-0.15, -0.1) is 0 Å². The van der Waals surface area contributed by atoms with E-state index in [0.29, 0.717) is 23.0 Å². The van der Waals surface area contributed by atoms with Crippen LogP contribution < -0.4 is 5.32 Å². The number of carbonyl (C=O) groups is 1. The number of fused-ring (bicyclic) bond motifs is 1. The number of hydrogen-bond donors (Lipinski definition) is 3. The normalized spacial score (nSPS) is 14.4. The third kappa shape index (κ3) is 4.32. The van der Waals surface area contributed by atoms with E-state index in [9.17, 15) is 4.79 Å². The largest absolute Gasteiger partial charge is 0.443 e. The molecule has 1 fully saturated rings. The summed E-state index contributed by atoms with van der Waals surface area (Å²) in [4.78, 5) is 27.6. The van der Waals surface area contributed by atoms with Crippen molar-refractivity contribution in [3.8, 4) is 22.8 Å². The zero-order chi connectivity index (χ0) is 23.6. The topological polar surface area (TPSA) is 125 Å². The predicted octanol–water partition coefficient (Wildman–Crippen LogP) is 3.69. The van der Waals surface area contributed by atoms with Gasteiger partial charge in [-0.25, -0.2) is 9.97 Å². The van der Waals surface area contributed by atoms with E-state index < -0.39 is 5.91 Å². The van der Waals surface area contributed by atoms with Gasteiger partial charge in [0.1, 0.15) is 0 Å². The number of hydrogen-bond acceptors (Lipinski definition) is 7. The highest BCUT2D eigenvalue weighted by molar-refractivity contribution is 6.07. The number of ether oxygens (including phenoxy) is 1. The monoisotopic (exact) mass is 469 g/mol. The number of H-pyrrole nitrogens is 2. The van der Waals surface area contributed by atoms with E-state index in [1.54, 1.807) is 6.20 Å². The maximum Gasteiger partial charge on any atom is 0.278 e. The molecular weight excluding hydrogens is 446 g/mol. The first-order chi connectivity index (χ1) is 17.2. The van der Waals surface area contributed by atoms with E-state index in [1.807, 2.05) is 36.4 Å². The standard InChI is InChI=1S/C25H23N7O3/c33-25(22-23(35-15-26-22)17-4-2-1-3-5-17)30-20-13-27-31-21(20)24-28-18-7-6-16(12-19(18)29-24)14-32-8-10-34-11-9-32/h1-7,12-13,15H,8-11,14H2,(H,27,31)(H,28,29)(H,30,33). The Balaban J connectivity index is 1.23. The van der Waals surface area contributed by atoms with Crippen molar-refractivity contribution in [3.63, 3.8) is 0 Å². The van der Waals surface area contributed by atoms with Crippen LogP contribution in [0.2, 0.25) is 0 Å². The molecule has 1 aliphatic rings. The fourth-order valence-corrected chi connectivity index (χ4v) is 4.23. The van der Waals surface area contributed by atoms with Gasteiger partial charge in [-0.05, 0) is 17.7 Å². The summed E-state index contributed by atoms with van der Waals surface area (Å²) in [6, 6.07) is 15.6. The minimum atomic E-state index is -0.399. The lowest BCUT2D eigenvalue weighted by molar-refractivity contribution is 0.0342. The van der Waals surface area contributed by atoms with E-state index in [4.69, 9.17) is 14.1 Å². The fraction of sp³-hybridized carbons (Fsp3) is 0.200. The number of morpholine rings is 1. The molecule has 176 valence electrons. The smallest absolute Gasteiger partial charge is 0.278 e. The molecule has 0 radical (unpaired) electrons. The summed E-state index contributed by atoms with van der Waals surface area (Å²) in [5, 5.41) is 10.0. The Hall–Kier alpha value is -4.28. The number of anilines is 1. The summed E-state index contributed by atoms with van der Waals surface area (Å²) in [5.41, 5.74) is 4.89. The van der Waals surface area contributed by atoms with Crippen LogP contribution in [0.1, 0.15) is 16.1 Å². The molecule has 0 spiro atoms. The first-order valence-electron chi connectivity index (χ1n) is 11.4. The Morgan fingerprint density at radius 2 is 1.97 bits per heavy atom. The van der Waals surface area contributed by atoms with Crippen molar-refractivity contribution in [2.75, 3.05) is 31.6 Å². The highest BCUT2D eigenvalue weighted by atomic mass is 16.5. The molecule has 0 bridgehead atoms. The molecule has 1 aliphatic heterocycles. The molecule has 0 atom stereocenters. The van der Waals surface area contributed by atoms with Gasteiger partial charge >= 0.3 is 0 Å². The molecule has 5 aromatic rings. The second kappa shape index (κ2) is 9.16. The second-order valence-electron chi connectivity index (χ2n) is 8.32. The van der Waals surface area contributed by atoms with Crippen LogP contribution in [-0.4, -0.2) is 62.3 Å². The first-order valence-corrected chi connectivity index (χ1v) is 11.4. The number of imidazole rings is 1. The Kier molecular flexibility index (Phi) is 5.57. The maximum absolute atomic E-state index is 13.0. The van der Waals surface area contributed by atoms with Crippen molar-refractivity contribution in [2.24, 2.45) is 0 Å². The van der Waals surface area contributed by atoms with Crippen molar-refractivity contribution in [1.29, 1.82) is 0 Å². The number of carbonyl (C=O) groups excluding carboxylic acids is 1. The van der Waals surface area contributed by atoms with Crippen LogP contribution in [0.5, 0.6) is 0 Å². The first kappa shape index (κ1) is 21.3. The molecule has 0 saturated carbocycles. The van der Waals surface area contributed by atoms with E-state index >= 15 is 0 Å². The van der Waals surface area contributed by atoms with E-state index in [-0.39, 0.29) is 5.69 Å². The second-order valence-corrected chi connectivity index (χ2v) is 8.32. The van der Waals surface area contributed by atoms with Gasteiger partial charge in [0, 0.05) is 31.4 Å². The molecule has 0 unspecified atom stereocenters. The third-order valence-corrected chi connectivity index (χ3v) is 5.99. The Labute approximate surface area is 200 Å². The van der Waals surface area contributed by atoms with Gasteiger partial charge in [-0.2, -0.15) is 5.10 Å². The van der Waals surface area contributed by atoms with Crippen molar-refractivity contribution in [1.82, 2.24) is 30.0 Å². The average Bonchev–Trinajstić information content (AvgIpc) is 3.64. The van der Waals surface area contributed by atoms with Crippen molar-refractivity contribution >= 4 is 22.6 Å². The van der Waals surface area contributed by atoms with Gasteiger partial charge in [0.25, 0.3) is 5.91 Å². The molecule has 10 nitrogen and oxygen atoms in total. The minimum Gasteiger partial charge on any atom is -0.443 e. The summed E-state index contributed by atoms with van der Waals surface area (Å²) in [6.45, 7) is 4.25. The Morgan fingerprint density at radius 3 is 2.83 bits per heavy atom. The third-order valence-electron chi connectivity index (χ3n) is 5.99. The molecule has 0 aliphatic carbocycles. The molecule has 3 aromatic heterocycles. The maximum atomic E-state index is 13.0. The van der Waals surface area contributed by atoms with Gasteiger partial charge in [0.05, 0.1) is 29.9 Å². The zero-order valence-electron chi connectivity index (χ0n) is 18.8. The molecular formula is C25H23N7O3. The fourth-order valence-electron chi connectivity index (χ4n) is 4.23. The number of oxazole rings is 1. The van der Waals surface area contributed by atoms with Gasteiger partial charge in [0.15, 0.2) is 29.4 Å². The van der Waals surface area contributed by atoms with Crippen LogP contribution in [0.3, 0.4) is 0 Å². The number of nitrogens with one attached hydrogen (secondary N) is 3. The molecule has 35 heavy (non-hydrogen) atoms. The summed E-state index contributed by atoms with van der Waals surface area (Å²) >= 11 is 0. The van der Waals surface area contributed by atoms with Crippen LogP contribution in [0.25, 0.3) is 33.9 Å². The number of rotatable bonds is 6. The quantitative estimate of drug-likeness (QED) is 0.346. The van der Waals surface area contributed by atoms with Crippen molar-refractivity contribution in [3.05, 3.63) is 72.4 Å². The molecule has 4 heterocycles. The van der Waals surface area contributed by atoms with Crippen LogP contribution in [0.4, 0.5) is 5.69 Å². The average molecular weight is 470 g/mol. The Bertz CT molecular complexity index is 1460. The molecule has 2 aromatic carbocycles. The molecule has 10 heteroatoms. The van der Waals surface area contributed by atoms with E-state index in [2.05, 4.69) is 42.5 Å². The van der Waals surface area contributed by atoms with Crippen molar-refractivity contribution in [2.45, 2.75) is 6.54 Å². The van der Waals surface area contributed by atoms with E-state index in [1.165, 1.54) is 12.0 Å². The lowest BCUT2D eigenvalue weighted by Crippen LogP contribution is -2.35. The summed E-state index contributed by atoms with van der Waals surface area (Å²) in [6.07, 6.45) is 2.88. The van der Waals surface area contributed by atoms with Crippen LogP contribution in [-0.2, 0) is 11.3 Å². The highest BCUT2D eigenvalue weighted by Gasteiger charge is 2.21. The number of benzene rings is 2. The summed E-state index contributed by atoms with van der Waals surface area (Å²) in [7, 11) is 0. The SMILES string of the molecule is O=C(Nc1c[nH]nc1-c1nc2cc(CN3CCOCC3)ccc2[nH]1)c1ncoc1-c1ccccc1. The van der Waals surface area contributed by atoms with Gasteiger partial charge in [-0.3, -0.25) is 14.8 Å². The van der Waals surface area contributed by atoms with Gasteiger partial charge in [-0.1, -0.05) is 36.4 Å². The molecule has 1 amide bonds. The van der Waals surface area contributed by atoms with Crippen molar-refractivity contribution < 1.29 is 13.9 Å². The van der Waals surface area contributed by atoms with Gasteiger partial charge < -0.3 is 19.5 Å². The number of nitrogens with zero attached hydrogens (tertiary/aromatic N) is 4. The summed E-state index contributed by atoms with van der Waals surface area (Å²) in [5.74, 6) is 0.567. The minimum absolute atomic E-state index is 0.195. The van der Waals surface area contributed by atoms with Crippen LogP contribution in [0, 0.1) is 0 Å². The van der Waals surface area contributed by atoms with Gasteiger partial charge in [0.2, 0.25) is 0 Å².